The molecule has 21 heavy (non-hydrogen) atoms. The molecular weight excluding hydrogens is 288 g/mol. The van der Waals surface area contributed by atoms with Gasteiger partial charge in [-0.05, 0) is 32.8 Å². The molecule has 2 heterocycles. The first-order valence-electron chi connectivity index (χ1n) is 7.16. The van der Waals surface area contributed by atoms with E-state index in [9.17, 15) is 9.59 Å². The van der Waals surface area contributed by atoms with Gasteiger partial charge in [0, 0.05) is 24.5 Å². The summed E-state index contributed by atoms with van der Waals surface area (Å²) >= 11 is 1.55. The van der Waals surface area contributed by atoms with Gasteiger partial charge < -0.3 is 9.64 Å². The Morgan fingerprint density at radius 3 is 3.05 bits per heavy atom. The van der Waals surface area contributed by atoms with E-state index in [1.54, 1.807) is 29.2 Å². The van der Waals surface area contributed by atoms with Crippen molar-refractivity contribution in [1.82, 2.24) is 9.88 Å². The van der Waals surface area contributed by atoms with Crippen LogP contribution in [0.15, 0.2) is 11.5 Å². The smallest absolute Gasteiger partial charge is 0.310 e. The van der Waals surface area contributed by atoms with Gasteiger partial charge in [0.25, 0.3) is 0 Å². The molecule has 6 heteroatoms. The predicted molar refractivity (Wildman–Crippen MR) is 81.8 cm³/mol. The van der Waals surface area contributed by atoms with Crippen LogP contribution in [0.25, 0.3) is 6.08 Å². The molecule has 1 aliphatic rings. The number of esters is 1. The van der Waals surface area contributed by atoms with E-state index in [0.29, 0.717) is 19.7 Å². The van der Waals surface area contributed by atoms with Gasteiger partial charge >= 0.3 is 5.97 Å². The predicted octanol–water partition coefficient (Wildman–Crippen LogP) is 2.27. The van der Waals surface area contributed by atoms with Gasteiger partial charge in [0.15, 0.2) is 0 Å². The van der Waals surface area contributed by atoms with Crippen molar-refractivity contribution in [2.24, 2.45) is 5.92 Å². The summed E-state index contributed by atoms with van der Waals surface area (Å²) in [6.45, 7) is 5.24. The van der Waals surface area contributed by atoms with E-state index in [1.165, 1.54) is 6.08 Å². The number of piperidine rings is 1. The molecule has 0 bridgehead atoms. The van der Waals surface area contributed by atoms with Crippen LogP contribution in [0, 0.1) is 12.8 Å². The van der Waals surface area contributed by atoms with Crippen LogP contribution in [-0.4, -0.2) is 41.5 Å². The third-order valence-corrected chi connectivity index (χ3v) is 4.18. The molecule has 0 saturated carbocycles. The summed E-state index contributed by atoms with van der Waals surface area (Å²) < 4.78 is 5.04. The highest BCUT2D eigenvalue weighted by molar-refractivity contribution is 7.09. The first-order chi connectivity index (χ1) is 10.1. The zero-order valence-electron chi connectivity index (χ0n) is 12.4. The van der Waals surface area contributed by atoms with Crippen molar-refractivity contribution >= 4 is 29.3 Å². The Bertz CT molecular complexity index is 539. The topological polar surface area (TPSA) is 59.5 Å². The fourth-order valence-electron chi connectivity index (χ4n) is 2.35. The molecule has 2 rings (SSSR count). The highest BCUT2D eigenvalue weighted by Crippen LogP contribution is 2.18. The summed E-state index contributed by atoms with van der Waals surface area (Å²) in [5.41, 5.74) is 0.796. The van der Waals surface area contributed by atoms with Crippen LogP contribution in [0.5, 0.6) is 0 Å². The Morgan fingerprint density at radius 2 is 2.38 bits per heavy atom. The molecule has 0 unspecified atom stereocenters. The van der Waals surface area contributed by atoms with Crippen molar-refractivity contribution in [3.05, 3.63) is 22.2 Å². The number of carbonyl (C=O) groups is 2. The average Bonchev–Trinajstić information content (AvgIpc) is 2.91. The lowest BCUT2D eigenvalue weighted by Gasteiger charge is -2.30. The Hall–Kier alpha value is -1.69. The summed E-state index contributed by atoms with van der Waals surface area (Å²) in [5.74, 6) is -0.471. The van der Waals surface area contributed by atoms with Crippen molar-refractivity contribution in [2.45, 2.75) is 26.7 Å². The van der Waals surface area contributed by atoms with E-state index >= 15 is 0 Å². The Labute approximate surface area is 128 Å². The molecular formula is C15H20N2O3S. The van der Waals surface area contributed by atoms with E-state index < -0.39 is 0 Å². The van der Waals surface area contributed by atoms with E-state index in [4.69, 9.17) is 4.74 Å². The van der Waals surface area contributed by atoms with E-state index in [-0.39, 0.29) is 17.8 Å². The molecule has 0 aliphatic carbocycles. The van der Waals surface area contributed by atoms with Gasteiger partial charge in [0.2, 0.25) is 5.91 Å². The van der Waals surface area contributed by atoms with Gasteiger partial charge in [-0.15, -0.1) is 11.3 Å². The molecule has 5 nitrogen and oxygen atoms in total. The van der Waals surface area contributed by atoms with Crippen molar-refractivity contribution < 1.29 is 14.3 Å². The number of aromatic nitrogens is 1. The maximum absolute atomic E-state index is 12.2. The Kier molecular flexibility index (Phi) is 5.50. The highest BCUT2D eigenvalue weighted by Gasteiger charge is 2.28. The van der Waals surface area contributed by atoms with Crippen LogP contribution in [-0.2, 0) is 14.3 Å². The fraction of sp³-hybridized carbons (Fsp3) is 0.533. The van der Waals surface area contributed by atoms with Gasteiger partial charge in [-0.25, -0.2) is 4.98 Å². The number of carbonyl (C=O) groups excluding carboxylic acids is 2. The van der Waals surface area contributed by atoms with Gasteiger partial charge in [-0.3, -0.25) is 9.59 Å². The molecule has 1 atom stereocenters. The molecule has 1 amide bonds. The summed E-state index contributed by atoms with van der Waals surface area (Å²) in [4.78, 5) is 29.9. The van der Waals surface area contributed by atoms with Gasteiger partial charge in [0.05, 0.1) is 23.2 Å². The summed E-state index contributed by atoms with van der Waals surface area (Å²) in [5, 5.41) is 2.89. The monoisotopic (exact) mass is 308 g/mol. The lowest BCUT2D eigenvalue weighted by atomic mass is 9.98. The highest BCUT2D eigenvalue weighted by atomic mass is 32.1. The lowest BCUT2D eigenvalue weighted by molar-refractivity contribution is -0.150. The molecule has 1 aliphatic heterocycles. The second-order valence-corrected chi connectivity index (χ2v) is 6.06. The van der Waals surface area contributed by atoms with E-state index in [0.717, 1.165) is 23.5 Å². The van der Waals surface area contributed by atoms with Crippen molar-refractivity contribution in [2.75, 3.05) is 19.7 Å². The molecule has 0 N–H and O–H groups in total. The van der Waals surface area contributed by atoms with E-state index in [1.807, 2.05) is 12.3 Å². The van der Waals surface area contributed by atoms with Crippen LogP contribution in [0.1, 0.15) is 30.5 Å². The fourth-order valence-corrected chi connectivity index (χ4v) is 2.93. The number of hydrogen-bond acceptors (Lipinski definition) is 5. The van der Waals surface area contributed by atoms with Crippen LogP contribution < -0.4 is 0 Å². The number of nitrogens with zero attached hydrogens (tertiary/aromatic N) is 2. The molecule has 1 fully saturated rings. The number of likely N-dealkylation sites (tertiary alicyclic amines) is 1. The molecule has 1 saturated heterocycles. The Morgan fingerprint density at radius 1 is 1.57 bits per heavy atom. The number of thiazole rings is 1. The number of hydrogen-bond donors (Lipinski definition) is 0. The van der Waals surface area contributed by atoms with Gasteiger partial charge in [-0.2, -0.15) is 0 Å². The average molecular weight is 308 g/mol. The number of aryl methyl sites for hydroxylation is 1. The summed E-state index contributed by atoms with van der Waals surface area (Å²) in [6.07, 6.45) is 4.87. The van der Waals surface area contributed by atoms with Crippen molar-refractivity contribution in [3.8, 4) is 0 Å². The SMILES string of the molecule is CCOC(=O)[C@H]1CCCN(C(=O)/C=C/c2csc(C)n2)C1. The maximum Gasteiger partial charge on any atom is 0.310 e. The first kappa shape index (κ1) is 15.7. The molecule has 1 aromatic rings. The maximum atomic E-state index is 12.2. The quantitative estimate of drug-likeness (QED) is 0.632. The van der Waals surface area contributed by atoms with Crippen LogP contribution in [0.4, 0.5) is 0 Å². The number of amides is 1. The lowest BCUT2D eigenvalue weighted by Crippen LogP contribution is -2.42. The van der Waals surface area contributed by atoms with Gasteiger partial charge in [-0.1, -0.05) is 0 Å². The second-order valence-electron chi connectivity index (χ2n) is 5.00. The van der Waals surface area contributed by atoms with Crippen LogP contribution in [0.3, 0.4) is 0 Å². The van der Waals surface area contributed by atoms with Crippen molar-refractivity contribution in [3.63, 3.8) is 0 Å². The van der Waals surface area contributed by atoms with Crippen LogP contribution in [0.2, 0.25) is 0 Å². The summed E-state index contributed by atoms with van der Waals surface area (Å²) in [6, 6.07) is 0. The molecule has 1 aromatic heterocycles. The van der Waals surface area contributed by atoms with Crippen molar-refractivity contribution in [1.29, 1.82) is 0 Å². The van der Waals surface area contributed by atoms with Gasteiger partial charge in [0.1, 0.15) is 0 Å². The second kappa shape index (κ2) is 7.36. The van der Waals surface area contributed by atoms with E-state index in [2.05, 4.69) is 4.98 Å². The normalized spacial score (nSPS) is 19.0. The third kappa shape index (κ3) is 4.39. The minimum atomic E-state index is -0.200. The van der Waals surface area contributed by atoms with Crippen LogP contribution >= 0.6 is 11.3 Å². The first-order valence-corrected chi connectivity index (χ1v) is 8.04. The molecule has 0 spiro atoms. The molecule has 0 aromatic carbocycles. The minimum absolute atomic E-state index is 0.0744. The number of rotatable bonds is 4. The minimum Gasteiger partial charge on any atom is -0.466 e. The number of ether oxygens (including phenoxy) is 1. The standard InChI is InChI=1S/C15H20N2O3S/c1-3-20-15(19)12-5-4-8-17(9-12)14(18)7-6-13-10-21-11(2)16-13/h6-7,10,12H,3-5,8-9H2,1-2H3/b7-6+/t12-/m0/s1. The molecule has 114 valence electrons. The largest absolute Gasteiger partial charge is 0.466 e. The Balaban J connectivity index is 1.92. The zero-order valence-corrected chi connectivity index (χ0v) is 13.2. The summed E-state index contributed by atoms with van der Waals surface area (Å²) in [7, 11) is 0. The third-order valence-electron chi connectivity index (χ3n) is 3.39. The molecule has 0 radical (unpaired) electrons. The zero-order chi connectivity index (χ0) is 15.2.